The number of phenols is 1. The van der Waals surface area contributed by atoms with Crippen molar-refractivity contribution in [3.05, 3.63) is 59.7 Å². The highest BCUT2D eigenvalue weighted by Gasteiger charge is 2.11. The molecule has 6 nitrogen and oxygen atoms in total. The average molecular weight is 371 g/mol. The van der Waals surface area contributed by atoms with Crippen LogP contribution in [0, 0.1) is 0 Å². The van der Waals surface area contributed by atoms with Crippen LogP contribution in [-0.2, 0) is 6.54 Å². The molecule has 0 saturated carbocycles. The zero-order valence-electron chi connectivity index (χ0n) is 16.0. The Kier molecular flexibility index (Phi) is 8.45. The summed E-state index contributed by atoms with van der Waals surface area (Å²) in [6.45, 7) is 6.20. The standard InChI is InChI=1S/C21H29N3O3/c1-3-22-21(24-14-18(15-25)17-8-6-5-7-9-17)23-13-16-10-11-19(26)20(12-16)27-4-2/h5-12,18,25-26H,3-4,13-15H2,1-2H3,(H2,22,23,24). The van der Waals surface area contributed by atoms with Gasteiger partial charge in [-0.05, 0) is 37.1 Å². The molecule has 4 N–H and O–H groups in total. The molecule has 146 valence electrons. The van der Waals surface area contributed by atoms with Crippen molar-refractivity contribution in [2.24, 2.45) is 4.99 Å². The van der Waals surface area contributed by atoms with Gasteiger partial charge in [-0.3, -0.25) is 0 Å². The lowest BCUT2D eigenvalue weighted by Crippen LogP contribution is -2.39. The molecule has 0 radical (unpaired) electrons. The average Bonchev–Trinajstić information content (AvgIpc) is 2.69. The highest BCUT2D eigenvalue weighted by atomic mass is 16.5. The molecule has 0 bridgehead atoms. The Balaban J connectivity index is 2.02. The van der Waals surface area contributed by atoms with Crippen LogP contribution in [0.15, 0.2) is 53.5 Å². The molecule has 27 heavy (non-hydrogen) atoms. The molecule has 0 amide bonds. The van der Waals surface area contributed by atoms with Crippen LogP contribution in [0.5, 0.6) is 11.5 Å². The highest BCUT2D eigenvalue weighted by Crippen LogP contribution is 2.27. The number of phenolic OH excluding ortho intramolecular Hbond substituents is 1. The summed E-state index contributed by atoms with van der Waals surface area (Å²) in [4.78, 5) is 4.59. The second-order valence-electron chi connectivity index (χ2n) is 6.10. The lowest BCUT2D eigenvalue weighted by molar-refractivity contribution is 0.265. The van der Waals surface area contributed by atoms with Gasteiger partial charge in [0.15, 0.2) is 17.5 Å². The zero-order valence-corrected chi connectivity index (χ0v) is 16.0. The molecule has 1 unspecified atom stereocenters. The quantitative estimate of drug-likeness (QED) is 0.402. The first-order chi connectivity index (χ1) is 13.2. The van der Waals surface area contributed by atoms with Crippen LogP contribution in [0.3, 0.4) is 0 Å². The van der Waals surface area contributed by atoms with Gasteiger partial charge in [0, 0.05) is 19.0 Å². The van der Waals surface area contributed by atoms with Gasteiger partial charge in [-0.2, -0.15) is 0 Å². The van der Waals surface area contributed by atoms with Gasteiger partial charge in [0.25, 0.3) is 0 Å². The highest BCUT2D eigenvalue weighted by molar-refractivity contribution is 5.79. The summed E-state index contributed by atoms with van der Waals surface area (Å²) in [6.07, 6.45) is 0. The number of aliphatic hydroxyl groups excluding tert-OH is 1. The Hall–Kier alpha value is -2.73. The lowest BCUT2D eigenvalue weighted by atomic mass is 10.0. The van der Waals surface area contributed by atoms with Crippen LogP contribution in [0.1, 0.15) is 30.9 Å². The zero-order chi connectivity index (χ0) is 19.5. The van der Waals surface area contributed by atoms with E-state index < -0.39 is 0 Å². The molecule has 0 aliphatic carbocycles. The maximum Gasteiger partial charge on any atom is 0.191 e. The van der Waals surface area contributed by atoms with Gasteiger partial charge in [-0.25, -0.2) is 4.99 Å². The number of rotatable bonds is 9. The Bertz CT molecular complexity index is 720. The van der Waals surface area contributed by atoms with E-state index in [0.29, 0.717) is 31.4 Å². The van der Waals surface area contributed by atoms with E-state index in [1.807, 2.05) is 50.2 Å². The monoisotopic (exact) mass is 371 g/mol. The number of aliphatic imine (C=N–C) groups is 1. The van der Waals surface area contributed by atoms with Gasteiger partial charge in [0.1, 0.15) is 0 Å². The topological polar surface area (TPSA) is 86.1 Å². The summed E-state index contributed by atoms with van der Waals surface area (Å²) in [5.74, 6) is 1.27. The molecule has 0 heterocycles. The fourth-order valence-electron chi connectivity index (χ4n) is 2.67. The van der Waals surface area contributed by atoms with Gasteiger partial charge in [-0.15, -0.1) is 0 Å². The fraction of sp³-hybridized carbons (Fsp3) is 0.381. The van der Waals surface area contributed by atoms with Gasteiger partial charge < -0.3 is 25.6 Å². The first-order valence-electron chi connectivity index (χ1n) is 9.30. The van der Waals surface area contributed by atoms with Crippen LogP contribution in [0.2, 0.25) is 0 Å². The van der Waals surface area contributed by atoms with E-state index >= 15 is 0 Å². The Morgan fingerprint density at radius 3 is 2.56 bits per heavy atom. The normalized spacial score (nSPS) is 12.5. The first-order valence-corrected chi connectivity index (χ1v) is 9.30. The third-order valence-corrected chi connectivity index (χ3v) is 4.10. The SMILES string of the molecule is CCNC(=NCc1ccc(O)c(OCC)c1)NCC(CO)c1ccccc1. The number of hydrogen-bond acceptors (Lipinski definition) is 4. The van der Waals surface area contributed by atoms with E-state index in [0.717, 1.165) is 17.7 Å². The number of aromatic hydroxyl groups is 1. The van der Waals surface area contributed by atoms with Crippen molar-refractivity contribution in [3.63, 3.8) is 0 Å². The van der Waals surface area contributed by atoms with E-state index in [1.165, 1.54) is 0 Å². The molecular formula is C21H29N3O3. The van der Waals surface area contributed by atoms with E-state index in [-0.39, 0.29) is 18.3 Å². The second-order valence-corrected chi connectivity index (χ2v) is 6.10. The maximum atomic E-state index is 9.80. The van der Waals surface area contributed by atoms with Crippen molar-refractivity contribution >= 4 is 5.96 Å². The predicted octanol–water partition coefficient (Wildman–Crippen LogP) is 2.62. The number of guanidine groups is 1. The van der Waals surface area contributed by atoms with Crippen molar-refractivity contribution in [2.45, 2.75) is 26.3 Å². The van der Waals surface area contributed by atoms with Crippen LogP contribution in [-0.4, -0.2) is 42.5 Å². The van der Waals surface area contributed by atoms with Crippen molar-refractivity contribution in [3.8, 4) is 11.5 Å². The molecule has 2 rings (SSSR count). The largest absolute Gasteiger partial charge is 0.504 e. The molecule has 6 heteroatoms. The number of benzene rings is 2. The number of ether oxygens (including phenoxy) is 1. The van der Waals surface area contributed by atoms with Crippen LogP contribution >= 0.6 is 0 Å². The van der Waals surface area contributed by atoms with Gasteiger partial charge in [0.2, 0.25) is 0 Å². The Morgan fingerprint density at radius 1 is 1.11 bits per heavy atom. The number of hydrogen-bond donors (Lipinski definition) is 4. The third kappa shape index (κ3) is 6.49. The lowest BCUT2D eigenvalue weighted by Gasteiger charge is -2.18. The molecule has 0 saturated heterocycles. The molecular weight excluding hydrogens is 342 g/mol. The van der Waals surface area contributed by atoms with Crippen LogP contribution in [0.25, 0.3) is 0 Å². The molecule has 2 aromatic carbocycles. The molecule has 0 aromatic heterocycles. The summed E-state index contributed by atoms with van der Waals surface area (Å²) in [6, 6.07) is 15.2. The minimum atomic E-state index is -0.00622. The van der Waals surface area contributed by atoms with Gasteiger partial charge >= 0.3 is 0 Å². The minimum Gasteiger partial charge on any atom is -0.504 e. The minimum absolute atomic E-state index is 0.00622. The first kappa shape index (κ1) is 20.6. The molecule has 0 spiro atoms. The van der Waals surface area contributed by atoms with Gasteiger partial charge in [-0.1, -0.05) is 36.4 Å². The summed E-state index contributed by atoms with van der Waals surface area (Å²) in [7, 11) is 0. The van der Waals surface area contributed by atoms with Crippen molar-refractivity contribution in [1.82, 2.24) is 10.6 Å². The number of nitrogens with zero attached hydrogens (tertiary/aromatic N) is 1. The summed E-state index contributed by atoms with van der Waals surface area (Å²) < 4.78 is 5.42. The van der Waals surface area contributed by atoms with Crippen LogP contribution in [0.4, 0.5) is 0 Å². The van der Waals surface area contributed by atoms with Crippen molar-refractivity contribution in [1.29, 1.82) is 0 Å². The van der Waals surface area contributed by atoms with E-state index in [2.05, 4.69) is 15.6 Å². The Labute approximate surface area is 160 Å². The van der Waals surface area contributed by atoms with E-state index in [9.17, 15) is 10.2 Å². The number of nitrogens with one attached hydrogen (secondary N) is 2. The van der Waals surface area contributed by atoms with Crippen LogP contribution < -0.4 is 15.4 Å². The van der Waals surface area contributed by atoms with Gasteiger partial charge in [0.05, 0.1) is 19.8 Å². The molecule has 0 aliphatic heterocycles. The van der Waals surface area contributed by atoms with Crippen molar-refractivity contribution < 1.29 is 14.9 Å². The summed E-state index contributed by atoms with van der Waals surface area (Å²) >= 11 is 0. The fourth-order valence-corrected chi connectivity index (χ4v) is 2.67. The van der Waals surface area contributed by atoms with E-state index in [4.69, 9.17) is 4.74 Å². The molecule has 0 aliphatic rings. The molecule has 1 atom stereocenters. The summed E-state index contributed by atoms with van der Waals surface area (Å²) in [5, 5.41) is 26.0. The van der Waals surface area contributed by atoms with E-state index in [1.54, 1.807) is 12.1 Å². The summed E-state index contributed by atoms with van der Waals surface area (Å²) in [5.41, 5.74) is 2.03. The smallest absolute Gasteiger partial charge is 0.191 e. The molecule has 0 fully saturated rings. The number of aliphatic hydroxyl groups is 1. The predicted molar refractivity (Wildman–Crippen MR) is 108 cm³/mol. The molecule has 2 aromatic rings. The third-order valence-electron chi connectivity index (χ3n) is 4.10. The van der Waals surface area contributed by atoms with Crippen molar-refractivity contribution in [2.75, 3.05) is 26.3 Å². The maximum absolute atomic E-state index is 9.80. The second kappa shape index (κ2) is 11.1. The Morgan fingerprint density at radius 2 is 1.89 bits per heavy atom.